The molecule has 0 spiro atoms. The van der Waals surface area contributed by atoms with Gasteiger partial charge in [-0.1, -0.05) is 33.6 Å². The fourth-order valence-corrected chi connectivity index (χ4v) is 3.91. The summed E-state index contributed by atoms with van der Waals surface area (Å²) in [6.07, 6.45) is 0. The first-order valence-corrected chi connectivity index (χ1v) is 9.09. The van der Waals surface area contributed by atoms with Gasteiger partial charge in [0.2, 0.25) is 0 Å². The average Bonchev–Trinajstić information content (AvgIpc) is 2.47. The fourth-order valence-electron chi connectivity index (χ4n) is 2.01. The zero-order chi connectivity index (χ0) is 17.2. The number of halogens is 2. The van der Waals surface area contributed by atoms with Crippen molar-refractivity contribution >= 4 is 49.2 Å². The zero-order valence-electron chi connectivity index (χ0n) is 12.0. The molecule has 0 amide bonds. The molecule has 2 aromatic carbocycles. The Morgan fingerprint density at radius 1 is 1.22 bits per heavy atom. The number of carboxylic acid groups (broad SMARTS) is 1. The predicted molar refractivity (Wildman–Crippen MR) is 92.5 cm³/mol. The van der Waals surface area contributed by atoms with Crippen LogP contribution in [0, 0.1) is 6.92 Å². The van der Waals surface area contributed by atoms with Crippen LogP contribution >= 0.6 is 27.5 Å². The highest BCUT2D eigenvalue weighted by molar-refractivity contribution is 9.10. The van der Waals surface area contributed by atoms with Crippen LogP contribution < -0.4 is 4.31 Å². The number of aryl methyl sites for hydroxylation is 1. The number of hydrogen-bond acceptors (Lipinski definition) is 3. The van der Waals surface area contributed by atoms with E-state index in [1.165, 1.54) is 18.2 Å². The van der Waals surface area contributed by atoms with Crippen LogP contribution in [-0.2, 0) is 14.8 Å². The second-order valence-corrected chi connectivity index (χ2v) is 8.00. The lowest BCUT2D eigenvalue weighted by Crippen LogP contribution is -2.36. The van der Waals surface area contributed by atoms with Crippen LogP contribution in [0.15, 0.2) is 51.8 Å². The topological polar surface area (TPSA) is 74.7 Å². The highest BCUT2D eigenvalue weighted by atomic mass is 79.9. The molecule has 0 heterocycles. The minimum absolute atomic E-state index is 0.00123. The third kappa shape index (κ3) is 4.04. The van der Waals surface area contributed by atoms with Crippen LogP contribution in [0.2, 0.25) is 5.02 Å². The van der Waals surface area contributed by atoms with Gasteiger partial charge in [0.05, 0.1) is 10.6 Å². The van der Waals surface area contributed by atoms with Crippen LogP contribution in [0.1, 0.15) is 5.56 Å². The molecule has 0 radical (unpaired) electrons. The molecule has 0 aliphatic rings. The van der Waals surface area contributed by atoms with Gasteiger partial charge >= 0.3 is 5.97 Å². The van der Waals surface area contributed by atoms with E-state index in [0.717, 1.165) is 8.78 Å². The molecule has 1 N–H and O–H groups in total. The van der Waals surface area contributed by atoms with Crippen molar-refractivity contribution in [2.24, 2.45) is 0 Å². The molecule has 0 aliphatic carbocycles. The molecule has 0 saturated heterocycles. The second kappa shape index (κ2) is 6.90. The van der Waals surface area contributed by atoms with E-state index in [2.05, 4.69) is 15.9 Å². The summed E-state index contributed by atoms with van der Waals surface area (Å²) in [5.74, 6) is -1.26. The first-order chi connectivity index (χ1) is 10.7. The molecule has 5 nitrogen and oxygen atoms in total. The molecule has 2 rings (SSSR count). The SMILES string of the molecule is Cc1ccc(Cl)cc1N(CC(=O)O)S(=O)(=O)c1ccc(Br)cc1. The Labute approximate surface area is 147 Å². The lowest BCUT2D eigenvalue weighted by Gasteiger charge is -2.24. The number of rotatable bonds is 5. The molecule has 122 valence electrons. The number of benzene rings is 2. The number of sulfonamides is 1. The summed E-state index contributed by atoms with van der Waals surface area (Å²) >= 11 is 9.17. The smallest absolute Gasteiger partial charge is 0.324 e. The van der Waals surface area contributed by atoms with Crippen molar-refractivity contribution in [3.05, 3.63) is 57.5 Å². The quantitative estimate of drug-likeness (QED) is 0.803. The standard InChI is InChI=1S/C15H13BrClNO4S/c1-10-2-5-12(17)8-14(10)18(9-15(19)20)23(21,22)13-6-3-11(16)4-7-13/h2-8H,9H2,1H3,(H,19,20). The van der Waals surface area contributed by atoms with Gasteiger partial charge < -0.3 is 5.11 Å². The first-order valence-electron chi connectivity index (χ1n) is 6.48. The van der Waals surface area contributed by atoms with E-state index in [-0.39, 0.29) is 10.6 Å². The molecule has 0 bridgehead atoms. The maximum Gasteiger partial charge on any atom is 0.324 e. The van der Waals surface area contributed by atoms with Crippen molar-refractivity contribution in [2.75, 3.05) is 10.8 Å². The van der Waals surface area contributed by atoms with Crippen molar-refractivity contribution < 1.29 is 18.3 Å². The summed E-state index contributed by atoms with van der Waals surface area (Å²) in [6.45, 7) is 0.997. The summed E-state index contributed by atoms with van der Waals surface area (Å²) in [7, 11) is -4.03. The summed E-state index contributed by atoms with van der Waals surface area (Å²) in [5.41, 5.74) is 0.846. The minimum Gasteiger partial charge on any atom is -0.480 e. The normalized spacial score (nSPS) is 11.3. The van der Waals surface area contributed by atoms with E-state index in [4.69, 9.17) is 16.7 Å². The van der Waals surface area contributed by atoms with Gasteiger partial charge in [0.15, 0.2) is 0 Å². The summed E-state index contributed by atoms with van der Waals surface area (Å²) < 4.78 is 27.3. The largest absolute Gasteiger partial charge is 0.480 e. The number of anilines is 1. The van der Waals surface area contributed by atoms with Gasteiger partial charge in [-0.3, -0.25) is 9.10 Å². The van der Waals surface area contributed by atoms with Crippen LogP contribution in [0.5, 0.6) is 0 Å². The molecule has 0 aliphatic heterocycles. The monoisotopic (exact) mass is 417 g/mol. The van der Waals surface area contributed by atoms with Gasteiger partial charge in [-0.15, -0.1) is 0 Å². The average molecular weight is 419 g/mol. The number of carboxylic acids is 1. The van der Waals surface area contributed by atoms with Crippen molar-refractivity contribution in [3.63, 3.8) is 0 Å². The summed E-state index contributed by atoms with van der Waals surface area (Å²) in [5, 5.41) is 9.44. The molecule has 0 fully saturated rings. The Kier molecular flexibility index (Phi) is 5.33. The van der Waals surface area contributed by atoms with Crippen molar-refractivity contribution in [2.45, 2.75) is 11.8 Å². The highest BCUT2D eigenvalue weighted by Gasteiger charge is 2.28. The van der Waals surface area contributed by atoms with Gasteiger partial charge in [-0.25, -0.2) is 8.42 Å². The van der Waals surface area contributed by atoms with Crippen molar-refractivity contribution in [3.8, 4) is 0 Å². The zero-order valence-corrected chi connectivity index (χ0v) is 15.2. The van der Waals surface area contributed by atoms with E-state index < -0.39 is 22.5 Å². The van der Waals surface area contributed by atoms with Gasteiger partial charge in [0.1, 0.15) is 6.54 Å². The fraction of sp³-hybridized carbons (Fsp3) is 0.133. The molecule has 0 unspecified atom stereocenters. The number of hydrogen-bond donors (Lipinski definition) is 1. The van der Waals surface area contributed by atoms with Crippen LogP contribution in [0.3, 0.4) is 0 Å². The third-order valence-corrected chi connectivity index (χ3v) is 5.66. The Morgan fingerprint density at radius 2 is 1.83 bits per heavy atom. The molecule has 23 heavy (non-hydrogen) atoms. The second-order valence-electron chi connectivity index (χ2n) is 4.79. The van der Waals surface area contributed by atoms with Crippen LogP contribution in [0.25, 0.3) is 0 Å². The molecule has 0 atom stereocenters. The Morgan fingerprint density at radius 3 is 2.39 bits per heavy atom. The number of carbonyl (C=O) groups is 1. The molecule has 0 saturated carbocycles. The Bertz CT molecular complexity index is 837. The first kappa shape index (κ1) is 17.8. The Hall–Kier alpha value is -1.57. The Balaban J connectivity index is 2.60. The maximum absolute atomic E-state index is 12.8. The molecule has 8 heteroatoms. The lowest BCUT2D eigenvalue weighted by atomic mass is 10.2. The van der Waals surface area contributed by atoms with Gasteiger partial charge in [0, 0.05) is 9.50 Å². The van der Waals surface area contributed by atoms with E-state index in [1.54, 1.807) is 31.2 Å². The molecular weight excluding hydrogens is 406 g/mol. The van der Waals surface area contributed by atoms with Crippen LogP contribution in [0.4, 0.5) is 5.69 Å². The minimum atomic E-state index is -4.03. The van der Waals surface area contributed by atoms with Crippen molar-refractivity contribution in [1.82, 2.24) is 0 Å². The van der Waals surface area contributed by atoms with Gasteiger partial charge in [-0.2, -0.15) is 0 Å². The number of aliphatic carboxylic acids is 1. The van der Waals surface area contributed by atoms with Crippen molar-refractivity contribution in [1.29, 1.82) is 0 Å². The number of nitrogens with zero attached hydrogens (tertiary/aromatic N) is 1. The lowest BCUT2D eigenvalue weighted by molar-refractivity contribution is -0.135. The van der Waals surface area contributed by atoms with E-state index in [0.29, 0.717) is 10.6 Å². The third-order valence-electron chi connectivity index (χ3n) is 3.12. The summed E-state index contributed by atoms with van der Waals surface area (Å²) in [6, 6.07) is 10.7. The molecule has 2 aromatic rings. The van der Waals surface area contributed by atoms with Crippen LogP contribution in [-0.4, -0.2) is 26.0 Å². The molecule has 0 aromatic heterocycles. The maximum atomic E-state index is 12.8. The van der Waals surface area contributed by atoms with Gasteiger partial charge in [0.25, 0.3) is 10.0 Å². The molecular formula is C15H13BrClNO4S. The predicted octanol–water partition coefficient (Wildman–Crippen LogP) is 3.69. The van der Waals surface area contributed by atoms with Gasteiger partial charge in [-0.05, 0) is 48.9 Å². The van der Waals surface area contributed by atoms with E-state index in [9.17, 15) is 13.2 Å². The highest BCUT2D eigenvalue weighted by Crippen LogP contribution is 2.29. The van der Waals surface area contributed by atoms with E-state index in [1.807, 2.05) is 0 Å². The summed E-state index contributed by atoms with van der Waals surface area (Å²) in [4.78, 5) is 11.2. The van der Waals surface area contributed by atoms with E-state index >= 15 is 0 Å².